The summed E-state index contributed by atoms with van der Waals surface area (Å²) >= 11 is 0. The van der Waals surface area contributed by atoms with Crippen molar-refractivity contribution in [3.05, 3.63) is 17.5 Å². The molecule has 1 saturated carbocycles. The smallest absolute Gasteiger partial charge is 0.276 e. The minimum Gasteiger partial charge on any atom is -0.365 e. The monoisotopic (exact) mass is 395 g/mol. The molecule has 5 rings (SSSR count). The topological polar surface area (TPSA) is 93.0 Å². The predicted molar refractivity (Wildman–Crippen MR) is 95.7 cm³/mol. The van der Waals surface area contributed by atoms with Crippen LogP contribution in [0.1, 0.15) is 55.3 Å². The van der Waals surface area contributed by atoms with Crippen LogP contribution in [0.5, 0.6) is 0 Å². The Labute approximate surface area is 158 Å². The maximum absolute atomic E-state index is 13.0. The molecule has 3 aliphatic heterocycles. The van der Waals surface area contributed by atoms with E-state index in [4.69, 9.17) is 9.26 Å². The molecule has 27 heavy (non-hydrogen) atoms. The summed E-state index contributed by atoms with van der Waals surface area (Å²) in [7, 11) is -3.40. The van der Waals surface area contributed by atoms with Crippen LogP contribution in [0.4, 0.5) is 0 Å². The molecule has 1 spiro atoms. The van der Waals surface area contributed by atoms with Crippen molar-refractivity contribution >= 4 is 15.9 Å². The maximum atomic E-state index is 13.0. The number of carbonyl (C=O) groups excluding carboxylic acids is 1. The summed E-state index contributed by atoms with van der Waals surface area (Å²) in [5.74, 6) is 1.21. The minimum absolute atomic E-state index is 0.196. The van der Waals surface area contributed by atoms with Crippen molar-refractivity contribution in [1.82, 2.24) is 14.4 Å². The molecule has 8 nitrogen and oxygen atoms in total. The van der Waals surface area contributed by atoms with E-state index in [-0.39, 0.29) is 24.5 Å². The highest BCUT2D eigenvalue weighted by Gasteiger charge is 2.65. The molecular weight excluding hydrogens is 370 g/mol. The second-order valence-corrected chi connectivity index (χ2v) is 11.0. The number of rotatable bonds is 4. The second-order valence-electron chi connectivity index (χ2n) is 8.83. The van der Waals surface area contributed by atoms with E-state index < -0.39 is 20.9 Å². The lowest BCUT2D eigenvalue weighted by Crippen LogP contribution is -2.56. The van der Waals surface area contributed by atoms with Crippen molar-refractivity contribution in [1.29, 1.82) is 0 Å². The number of fused-ring (bicyclic) bond motifs is 1. The molecular formula is C18H25N3O5S. The maximum Gasteiger partial charge on any atom is 0.276 e. The molecule has 0 unspecified atom stereocenters. The van der Waals surface area contributed by atoms with Gasteiger partial charge in [0, 0.05) is 31.6 Å². The van der Waals surface area contributed by atoms with Gasteiger partial charge in [0.25, 0.3) is 5.91 Å². The first-order valence-electron chi connectivity index (χ1n) is 9.71. The third-order valence-electron chi connectivity index (χ3n) is 6.09. The third kappa shape index (κ3) is 2.74. The Bertz CT molecular complexity index is 877. The lowest BCUT2D eigenvalue weighted by Gasteiger charge is -2.39. The first kappa shape index (κ1) is 17.6. The number of sulfonamides is 1. The molecule has 1 aromatic heterocycles. The number of nitrogens with zero attached hydrogens (tertiary/aromatic N) is 3. The van der Waals surface area contributed by atoms with Crippen molar-refractivity contribution in [2.24, 2.45) is 5.92 Å². The highest BCUT2D eigenvalue weighted by atomic mass is 32.2. The first-order valence-corrected chi connectivity index (χ1v) is 11.2. The molecule has 0 N–H and O–H groups in total. The number of carbonyl (C=O) groups is 1. The Morgan fingerprint density at radius 3 is 2.85 bits per heavy atom. The van der Waals surface area contributed by atoms with Crippen molar-refractivity contribution in [2.45, 2.75) is 56.0 Å². The van der Waals surface area contributed by atoms with Crippen LogP contribution in [0.15, 0.2) is 10.6 Å². The van der Waals surface area contributed by atoms with Gasteiger partial charge in [0.15, 0.2) is 5.69 Å². The molecule has 1 aromatic rings. The van der Waals surface area contributed by atoms with Gasteiger partial charge in [-0.2, -0.15) is 4.31 Å². The number of amides is 1. The second kappa shape index (κ2) is 5.78. The van der Waals surface area contributed by atoms with Gasteiger partial charge in [-0.25, -0.2) is 8.42 Å². The lowest BCUT2D eigenvalue weighted by atomic mass is 9.99. The van der Waals surface area contributed by atoms with Crippen molar-refractivity contribution in [2.75, 3.05) is 26.2 Å². The van der Waals surface area contributed by atoms with E-state index >= 15 is 0 Å². The van der Waals surface area contributed by atoms with Crippen LogP contribution >= 0.6 is 0 Å². The molecule has 0 radical (unpaired) electrons. The largest absolute Gasteiger partial charge is 0.365 e. The molecule has 1 aliphatic carbocycles. The Morgan fingerprint density at radius 1 is 1.37 bits per heavy atom. The molecule has 3 atom stereocenters. The highest BCUT2D eigenvalue weighted by molar-refractivity contribution is 7.90. The van der Waals surface area contributed by atoms with E-state index in [1.165, 1.54) is 0 Å². The van der Waals surface area contributed by atoms with Gasteiger partial charge in [0.05, 0.1) is 12.6 Å². The molecule has 9 heteroatoms. The fourth-order valence-electron chi connectivity index (χ4n) is 4.79. The lowest BCUT2D eigenvalue weighted by molar-refractivity contribution is -0.0981. The zero-order valence-electron chi connectivity index (χ0n) is 15.6. The van der Waals surface area contributed by atoms with Crippen LogP contribution in [0.3, 0.4) is 0 Å². The molecule has 1 amide bonds. The number of morpholine rings is 1. The molecule has 3 saturated heterocycles. The van der Waals surface area contributed by atoms with Gasteiger partial charge in [0.2, 0.25) is 10.0 Å². The van der Waals surface area contributed by atoms with Gasteiger partial charge in [0.1, 0.15) is 16.6 Å². The molecule has 4 heterocycles. The average Bonchev–Trinajstić information content (AvgIpc) is 3.22. The van der Waals surface area contributed by atoms with Gasteiger partial charge in [-0.15, -0.1) is 0 Å². The van der Waals surface area contributed by atoms with Gasteiger partial charge in [-0.1, -0.05) is 19.0 Å². The summed E-state index contributed by atoms with van der Waals surface area (Å²) in [4.78, 5) is 14.7. The highest BCUT2D eigenvalue weighted by Crippen LogP contribution is 2.47. The van der Waals surface area contributed by atoms with Gasteiger partial charge >= 0.3 is 0 Å². The summed E-state index contributed by atoms with van der Waals surface area (Å²) in [5, 5.41) is 3.39. The Morgan fingerprint density at radius 2 is 2.15 bits per heavy atom. The summed E-state index contributed by atoms with van der Waals surface area (Å²) in [6.45, 7) is 5.50. The summed E-state index contributed by atoms with van der Waals surface area (Å²) < 4.78 is 39.0. The zero-order valence-corrected chi connectivity index (χ0v) is 16.4. The van der Waals surface area contributed by atoms with E-state index in [1.54, 1.807) is 15.3 Å². The quantitative estimate of drug-likeness (QED) is 0.761. The average molecular weight is 395 g/mol. The standard InChI is InChI=1S/C18H25N3O5S/c1-11(2)7-21-10-18-9-20(8-13(25-18)5-16(18)27(21,23)24)17(22)14-6-15(26-19-14)12-3-4-12/h6,11-13,16H,3-5,7-10H2,1-2H3/t13-,16+,18+/m1/s1. The Balaban J connectivity index is 1.39. The number of hydrogen-bond acceptors (Lipinski definition) is 6. The van der Waals surface area contributed by atoms with Crippen molar-refractivity contribution in [3.8, 4) is 0 Å². The third-order valence-corrected chi connectivity index (χ3v) is 8.43. The Hall–Kier alpha value is -1.45. The van der Waals surface area contributed by atoms with Gasteiger partial charge < -0.3 is 14.2 Å². The van der Waals surface area contributed by atoms with Crippen LogP contribution in [0, 0.1) is 5.92 Å². The van der Waals surface area contributed by atoms with Crippen molar-refractivity contribution in [3.63, 3.8) is 0 Å². The van der Waals surface area contributed by atoms with E-state index in [1.807, 2.05) is 13.8 Å². The number of likely N-dealkylation sites (tertiary alicyclic amines) is 1. The first-order chi connectivity index (χ1) is 12.8. The van der Waals surface area contributed by atoms with Crippen molar-refractivity contribution < 1.29 is 22.5 Å². The van der Waals surface area contributed by atoms with Gasteiger partial charge in [-0.3, -0.25) is 4.79 Å². The fraction of sp³-hybridized carbons (Fsp3) is 0.778. The van der Waals surface area contributed by atoms with Crippen LogP contribution in [0.25, 0.3) is 0 Å². The van der Waals surface area contributed by atoms with E-state index in [0.717, 1.165) is 18.6 Å². The predicted octanol–water partition coefficient (Wildman–Crippen LogP) is 1.21. The summed E-state index contributed by atoms with van der Waals surface area (Å²) in [6, 6.07) is 1.74. The Kier molecular flexibility index (Phi) is 3.77. The number of aromatic nitrogens is 1. The van der Waals surface area contributed by atoms with E-state index in [0.29, 0.717) is 37.7 Å². The van der Waals surface area contributed by atoms with Crippen LogP contribution in [-0.2, 0) is 14.8 Å². The molecule has 2 bridgehead atoms. The molecule has 4 fully saturated rings. The number of hydrogen-bond donors (Lipinski definition) is 0. The molecule has 0 aromatic carbocycles. The number of ether oxygens (including phenoxy) is 1. The summed E-state index contributed by atoms with van der Waals surface area (Å²) in [6.07, 6.45) is 2.37. The van der Waals surface area contributed by atoms with Gasteiger partial charge in [-0.05, 0) is 25.2 Å². The van der Waals surface area contributed by atoms with E-state index in [2.05, 4.69) is 5.16 Å². The SMILES string of the molecule is CC(C)CN1C[C@@]23CN(C(=O)c4cc(C5CC5)on4)C[C@@H](C[C@@H]2S1(=O)=O)O3. The minimum atomic E-state index is -3.40. The van der Waals surface area contributed by atoms with E-state index in [9.17, 15) is 13.2 Å². The summed E-state index contributed by atoms with van der Waals surface area (Å²) in [5.41, 5.74) is -0.513. The van der Waals surface area contributed by atoms with Crippen LogP contribution in [-0.4, -0.2) is 71.8 Å². The van der Waals surface area contributed by atoms with Crippen LogP contribution < -0.4 is 0 Å². The molecule has 148 valence electrons. The zero-order chi connectivity index (χ0) is 19.0. The van der Waals surface area contributed by atoms with Crippen LogP contribution in [0.2, 0.25) is 0 Å². The molecule has 4 aliphatic rings. The normalized spacial score (nSPS) is 35.0. The fourth-order valence-corrected chi connectivity index (χ4v) is 7.26.